The second kappa shape index (κ2) is 6.29. The van der Waals surface area contributed by atoms with E-state index in [1.807, 2.05) is 0 Å². The molecule has 1 fully saturated rings. The molecule has 1 saturated carbocycles. The zero-order valence-corrected chi connectivity index (χ0v) is 11.9. The minimum atomic E-state index is 0.124. The molecule has 0 bridgehead atoms. The third kappa shape index (κ3) is 3.87. The molecule has 0 radical (unpaired) electrons. The van der Waals surface area contributed by atoms with Crippen LogP contribution in [0.1, 0.15) is 57.6 Å². The minimum absolute atomic E-state index is 0.124. The van der Waals surface area contributed by atoms with E-state index >= 15 is 0 Å². The van der Waals surface area contributed by atoms with Crippen molar-refractivity contribution in [2.45, 2.75) is 58.0 Å². The number of phenols is 2. The Morgan fingerprint density at radius 1 is 1.21 bits per heavy atom. The molecule has 2 rings (SSSR count). The van der Waals surface area contributed by atoms with E-state index in [-0.39, 0.29) is 17.5 Å². The van der Waals surface area contributed by atoms with E-state index in [4.69, 9.17) is 0 Å². The molecular weight excluding hydrogens is 238 g/mol. The Labute approximate surface area is 115 Å². The maximum absolute atomic E-state index is 9.54. The fraction of sp³-hybridized carbons (Fsp3) is 0.625. The number of benzene rings is 1. The third-order valence-corrected chi connectivity index (χ3v) is 4.27. The largest absolute Gasteiger partial charge is 0.508 e. The molecule has 1 aromatic carbocycles. The monoisotopic (exact) mass is 263 g/mol. The van der Waals surface area contributed by atoms with Crippen molar-refractivity contribution >= 4 is 0 Å². The lowest BCUT2D eigenvalue weighted by Gasteiger charge is -2.31. The highest BCUT2D eigenvalue weighted by atomic mass is 16.3. The standard InChI is InChI=1S/C16H25NO2/c1-3-12-5-4-6-14(7-12)17-11(2)13-8-15(18)10-16(19)9-13/h8-12,14,17-19H,3-7H2,1-2H3. The summed E-state index contributed by atoms with van der Waals surface area (Å²) in [6, 6.07) is 5.51. The lowest BCUT2D eigenvalue weighted by molar-refractivity contribution is 0.265. The summed E-state index contributed by atoms with van der Waals surface area (Å²) in [6.07, 6.45) is 6.39. The van der Waals surface area contributed by atoms with E-state index < -0.39 is 0 Å². The van der Waals surface area contributed by atoms with Crippen molar-refractivity contribution in [2.24, 2.45) is 5.92 Å². The van der Waals surface area contributed by atoms with E-state index in [9.17, 15) is 10.2 Å². The van der Waals surface area contributed by atoms with Gasteiger partial charge in [-0.2, -0.15) is 0 Å². The lowest BCUT2D eigenvalue weighted by atomic mass is 9.84. The second-order valence-electron chi connectivity index (χ2n) is 5.81. The normalized spacial score (nSPS) is 25.2. The fourth-order valence-electron chi connectivity index (χ4n) is 3.13. The van der Waals surface area contributed by atoms with E-state index in [0.29, 0.717) is 6.04 Å². The van der Waals surface area contributed by atoms with Gasteiger partial charge in [0.15, 0.2) is 0 Å². The van der Waals surface area contributed by atoms with Gasteiger partial charge in [0.05, 0.1) is 0 Å². The van der Waals surface area contributed by atoms with E-state index in [0.717, 1.165) is 11.5 Å². The highest BCUT2D eigenvalue weighted by Crippen LogP contribution is 2.29. The van der Waals surface area contributed by atoms with E-state index in [2.05, 4.69) is 19.2 Å². The molecule has 0 saturated heterocycles. The Hall–Kier alpha value is -1.22. The van der Waals surface area contributed by atoms with Gasteiger partial charge in [0, 0.05) is 18.2 Å². The molecule has 0 heterocycles. The van der Waals surface area contributed by atoms with Gasteiger partial charge in [-0.05, 0) is 43.4 Å². The molecule has 106 valence electrons. The van der Waals surface area contributed by atoms with Crippen molar-refractivity contribution in [3.8, 4) is 11.5 Å². The van der Waals surface area contributed by atoms with Crippen LogP contribution in [0.2, 0.25) is 0 Å². The van der Waals surface area contributed by atoms with Crippen molar-refractivity contribution in [2.75, 3.05) is 0 Å². The zero-order chi connectivity index (χ0) is 13.8. The van der Waals surface area contributed by atoms with Crippen LogP contribution in [0, 0.1) is 5.92 Å². The summed E-state index contributed by atoms with van der Waals surface area (Å²) in [7, 11) is 0. The fourth-order valence-corrected chi connectivity index (χ4v) is 3.13. The van der Waals surface area contributed by atoms with E-state index in [1.54, 1.807) is 12.1 Å². The summed E-state index contributed by atoms with van der Waals surface area (Å²) >= 11 is 0. The summed E-state index contributed by atoms with van der Waals surface area (Å²) in [4.78, 5) is 0. The summed E-state index contributed by atoms with van der Waals surface area (Å²) in [5, 5.41) is 22.7. The predicted octanol–water partition coefficient (Wildman–Crippen LogP) is 3.72. The molecule has 3 heteroatoms. The highest BCUT2D eigenvalue weighted by molar-refractivity contribution is 5.37. The van der Waals surface area contributed by atoms with E-state index in [1.165, 1.54) is 38.2 Å². The first-order valence-corrected chi connectivity index (χ1v) is 7.37. The maximum Gasteiger partial charge on any atom is 0.119 e. The number of phenolic OH excluding ortho intramolecular Hbond substituents is 2. The number of hydrogen-bond acceptors (Lipinski definition) is 3. The molecule has 0 aliphatic heterocycles. The van der Waals surface area contributed by atoms with Crippen molar-refractivity contribution < 1.29 is 10.2 Å². The molecule has 1 aliphatic rings. The SMILES string of the molecule is CCC1CCCC(NC(C)c2cc(O)cc(O)c2)C1. The van der Waals surface area contributed by atoms with Crippen molar-refractivity contribution in [1.29, 1.82) is 0 Å². The molecule has 0 spiro atoms. The Balaban J connectivity index is 1.98. The predicted molar refractivity (Wildman–Crippen MR) is 77.4 cm³/mol. The van der Waals surface area contributed by atoms with Gasteiger partial charge in [-0.1, -0.05) is 26.2 Å². The molecule has 3 unspecified atom stereocenters. The molecule has 3 N–H and O–H groups in total. The maximum atomic E-state index is 9.54. The van der Waals surface area contributed by atoms with Crippen LogP contribution in [0.15, 0.2) is 18.2 Å². The van der Waals surface area contributed by atoms with Gasteiger partial charge in [0.1, 0.15) is 11.5 Å². The number of rotatable bonds is 4. The Morgan fingerprint density at radius 3 is 2.53 bits per heavy atom. The van der Waals surface area contributed by atoms with Crippen LogP contribution in [-0.2, 0) is 0 Å². The number of hydrogen-bond donors (Lipinski definition) is 3. The first kappa shape index (κ1) is 14.2. The molecular formula is C16H25NO2. The summed E-state index contributed by atoms with van der Waals surface area (Å²) < 4.78 is 0. The Kier molecular flexibility index (Phi) is 4.70. The third-order valence-electron chi connectivity index (χ3n) is 4.27. The van der Waals surface area contributed by atoms with Gasteiger partial charge < -0.3 is 15.5 Å². The quantitative estimate of drug-likeness (QED) is 0.776. The first-order chi connectivity index (χ1) is 9.08. The first-order valence-electron chi connectivity index (χ1n) is 7.37. The van der Waals surface area contributed by atoms with Gasteiger partial charge in [-0.15, -0.1) is 0 Å². The number of nitrogens with one attached hydrogen (secondary N) is 1. The van der Waals surface area contributed by atoms with Crippen LogP contribution >= 0.6 is 0 Å². The molecule has 0 aromatic heterocycles. The summed E-state index contributed by atoms with van der Waals surface area (Å²) in [5.74, 6) is 1.09. The molecule has 0 amide bonds. The zero-order valence-electron chi connectivity index (χ0n) is 11.9. The van der Waals surface area contributed by atoms with Gasteiger partial charge in [-0.25, -0.2) is 0 Å². The lowest BCUT2D eigenvalue weighted by Crippen LogP contribution is -2.35. The topological polar surface area (TPSA) is 52.5 Å². The van der Waals surface area contributed by atoms with Crippen LogP contribution in [0.3, 0.4) is 0 Å². The molecule has 3 nitrogen and oxygen atoms in total. The van der Waals surface area contributed by atoms with Crippen LogP contribution in [-0.4, -0.2) is 16.3 Å². The van der Waals surface area contributed by atoms with Crippen LogP contribution in [0.25, 0.3) is 0 Å². The average molecular weight is 263 g/mol. The highest BCUT2D eigenvalue weighted by Gasteiger charge is 2.22. The van der Waals surface area contributed by atoms with Gasteiger partial charge in [0.2, 0.25) is 0 Å². The molecule has 19 heavy (non-hydrogen) atoms. The number of aromatic hydroxyl groups is 2. The van der Waals surface area contributed by atoms with Gasteiger partial charge in [-0.3, -0.25) is 0 Å². The minimum Gasteiger partial charge on any atom is -0.508 e. The van der Waals surface area contributed by atoms with Crippen molar-refractivity contribution in [1.82, 2.24) is 5.32 Å². The Morgan fingerprint density at radius 2 is 1.89 bits per heavy atom. The Bertz CT molecular complexity index is 399. The summed E-state index contributed by atoms with van der Waals surface area (Å²) in [5.41, 5.74) is 0.941. The van der Waals surface area contributed by atoms with Crippen LogP contribution in [0.5, 0.6) is 11.5 Å². The molecule has 1 aliphatic carbocycles. The average Bonchev–Trinajstić information content (AvgIpc) is 2.37. The second-order valence-corrected chi connectivity index (χ2v) is 5.81. The molecule has 3 atom stereocenters. The van der Waals surface area contributed by atoms with Crippen LogP contribution < -0.4 is 5.32 Å². The van der Waals surface area contributed by atoms with Gasteiger partial charge in [0.25, 0.3) is 0 Å². The van der Waals surface area contributed by atoms with Crippen LogP contribution in [0.4, 0.5) is 0 Å². The van der Waals surface area contributed by atoms with Crippen molar-refractivity contribution in [3.05, 3.63) is 23.8 Å². The smallest absolute Gasteiger partial charge is 0.119 e. The van der Waals surface area contributed by atoms with Gasteiger partial charge >= 0.3 is 0 Å². The molecule has 1 aromatic rings. The van der Waals surface area contributed by atoms with Crippen molar-refractivity contribution in [3.63, 3.8) is 0 Å². The summed E-state index contributed by atoms with van der Waals surface area (Å²) in [6.45, 7) is 4.35.